The number of hydrogen-bond donors (Lipinski definition) is 0. The van der Waals surface area contributed by atoms with Crippen molar-refractivity contribution in [3.8, 4) is 0 Å². The lowest BCUT2D eigenvalue weighted by Gasteiger charge is -2.37. The zero-order valence-electron chi connectivity index (χ0n) is 10.2. The van der Waals surface area contributed by atoms with Crippen LogP contribution in [0.4, 0.5) is 0 Å². The van der Waals surface area contributed by atoms with E-state index in [1.165, 1.54) is 25.7 Å². The van der Waals surface area contributed by atoms with Crippen molar-refractivity contribution in [2.45, 2.75) is 44.6 Å². The topological polar surface area (TPSA) is 40.6 Å². The number of carbonyl (C=O) groups is 2. The Morgan fingerprint density at radius 3 is 2.59 bits per heavy atom. The maximum atomic E-state index is 12.3. The fourth-order valence-corrected chi connectivity index (χ4v) is 3.52. The first-order chi connectivity index (χ1) is 8.25. The number of piperazine rings is 1. The van der Waals surface area contributed by atoms with E-state index < -0.39 is 0 Å². The Hall–Kier alpha value is -1.06. The minimum atomic E-state index is -0.127. The summed E-state index contributed by atoms with van der Waals surface area (Å²) in [5.41, 5.74) is 0. The molecule has 1 unspecified atom stereocenters. The molecule has 17 heavy (non-hydrogen) atoms. The van der Waals surface area contributed by atoms with Crippen molar-refractivity contribution >= 4 is 11.8 Å². The largest absolute Gasteiger partial charge is 0.331 e. The van der Waals surface area contributed by atoms with E-state index >= 15 is 0 Å². The summed E-state index contributed by atoms with van der Waals surface area (Å²) < 4.78 is 0. The first kappa shape index (κ1) is 11.1. The fraction of sp³-hybridized carbons (Fsp3) is 0.846. The van der Waals surface area contributed by atoms with Crippen LogP contribution < -0.4 is 0 Å². The lowest BCUT2D eigenvalue weighted by atomic mass is 10.1. The molecular weight excluding hydrogens is 216 g/mol. The smallest absolute Gasteiger partial charge is 0.245 e. The van der Waals surface area contributed by atoms with Gasteiger partial charge in [-0.15, -0.1) is 0 Å². The minimum absolute atomic E-state index is 0.127. The van der Waals surface area contributed by atoms with Crippen LogP contribution in [0.15, 0.2) is 0 Å². The van der Waals surface area contributed by atoms with Gasteiger partial charge in [-0.1, -0.05) is 12.8 Å². The van der Waals surface area contributed by atoms with Gasteiger partial charge in [0.15, 0.2) is 0 Å². The highest BCUT2D eigenvalue weighted by atomic mass is 16.2. The highest BCUT2D eigenvalue weighted by Crippen LogP contribution is 2.28. The molecule has 1 atom stereocenters. The molecule has 94 valence electrons. The van der Waals surface area contributed by atoms with E-state index in [0.29, 0.717) is 12.5 Å². The van der Waals surface area contributed by atoms with Crippen LogP contribution in [0.1, 0.15) is 38.5 Å². The van der Waals surface area contributed by atoms with Gasteiger partial charge in [0.05, 0.1) is 6.54 Å². The number of carbonyl (C=O) groups excluding carboxylic acids is 2. The molecule has 1 aliphatic carbocycles. The molecule has 0 aromatic rings. The summed E-state index contributed by atoms with van der Waals surface area (Å²) in [6.07, 6.45) is 6.89. The third-order valence-corrected chi connectivity index (χ3v) is 4.45. The SMILES string of the molecule is O=C1C2CCCN2C(=O)CN1CC1CCCC1. The summed E-state index contributed by atoms with van der Waals surface area (Å²) in [6, 6.07) is -0.127. The van der Waals surface area contributed by atoms with Gasteiger partial charge >= 0.3 is 0 Å². The Kier molecular flexibility index (Phi) is 2.81. The lowest BCUT2D eigenvalue weighted by Crippen LogP contribution is -2.58. The second-order valence-electron chi connectivity index (χ2n) is 5.61. The Bertz CT molecular complexity index is 336. The fourth-order valence-electron chi connectivity index (χ4n) is 3.52. The maximum Gasteiger partial charge on any atom is 0.245 e. The molecule has 1 saturated carbocycles. The van der Waals surface area contributed by atoms with E-state index in [1.54, 1.807) is 4.90 Å². The standard InChI is InChI=1S/C13H20N2O2/c16-12-9-14(8-10-4-1-2-5-10)13(17)11-6-3-7-15(11)12/h10-11H,1-9H2. The second-order valence-corrected chi connectivity index (χ2v) is 5.61. The van der Waals surface area contributed by atoms with E-state index in [0.717, 1.165) is 25.9 Å². The Labute approximate surface area is 102 Å². The number of amides is 2. The predicted molar refractivity (Wildman–Crippen MR) is 63.3 cm³/mol. The first-order valence-electron chi connectivity index (χ1n) is 6.84. The highest BCUT2D eigenvalue weighted by molar-refractivity contribution is 5.95. The van der Waals surface area contributed by atoms with Gasteiger partial charge in [0.1, 0.15) is 6.04 Å². The third kappa shape index (κ3) is 1.94. The Balaban J connectivity index is 1.68. The molecule has 3 aliphatic rings. The van der Waals surface area contributed by atoms with Gasteiger partial charge in [-0.25, -0.2) is 0 Å². The van der Waals surface area contributed by atoms with Crippen molar-refractivity contribution in [3.63, 3.8) is 0 Å². The zero-order chi connectivity index (χ0) is 11.8. The van der Waals surface area contributed by atoms with Crippen LogP contribution in [0, 0.1) is 5.92 Å². The summed E-state index contributed by atoms with van der Waals surface area (Å²) in [7, 11) is 0. The molecule has 2 saturated heterocycles. The molecule has 4 heteroatoms. The average molecular weight is 236 g/mol. The molecular formula is C13H20N2O2. The van der Waals surface area contributed by atoms with Crippen molar-refractivity contribution < 1.29 is 9.59 Å². The summed E-state index contributed by atoms with van der Waals surface area (Å²) in [5.74, 6) is 0.999. The van der Waals surface area contributed by atoms with E-state index in [9.17, 15) is 9.59 Å². The molecule has 0 N–H and O–H groups in total. The number of nitrogens with zero attached hydrogens (tertiary/aromatic N) is 2. The van der Waals surface area contributed by atoms with Crippen LogP contribution in [-0.4, -0.2) is 47.3 Å². The van der Waals surface area contributed by atoms with E-state index in [-0.39, 0.29) is 17.9 Å². The molecule has 4 nitrogen and oxygen atoms in total. The van der Waals surface area contributed by atoms with Gasteiger partial charge in [-0.05, 0) is 31.6 Å². The van der Waals surface area contributed by atoms with Gasteiger partial charge in [0.2, 0.25) is 11.8 Å². The summed E-state index contributed by atoms with van der Waals surface area (Å²) >= 11 is 0. The number of rotatable bonds is 2. The minimum Gasteiger partial charge on any atom is -0.331 e. The van der Waals surface area contributed by atoms with Gasteiger partial charge < -0.3 is 9.80 Å². The van der Waals surface area contributed by atoms with Crippen LogP contribution in [0.5, 0.6) is 0 Å². The van der Waals surface area contributed by atoms with E-state index in [1.807, 2.05) is 4.90 Å². The predicted octanol–water partition coefficient (Wildman–Crippen LogP) is 1.01. The van der Waals surface area contributed by atoms with E-state index in [2.05, 4.69) is 0 Å². The summed E-state index contributed by atoms with van der Waals surface area (Å²) in [4.78, 5) is 27.8. The number of fused-ring (bicyclic) bond motifs is 1. The van der Waals surface area contributed by atoms with Crippen molar-refractivity contribution in [1.82, 2.24) is 9.80 Å². The Morgan fingerprint density at radius 2 is 1.82 bits per heavy atom. The number of hydrogen-bond acceptors (Lipinski definition) is 2. The summed E-state index contributed by atoms with van der Waals surface area (Å²) in [6.45, 7) is 1.92. The van der Waals surface area contributed by atoms with Crippen LogP contribution in [0.3, 0.4) is 0 Å². The molecule has 3 rings (SSSR count). The lowest BCUT2D eigenvalue weighted by molar-refractivity contribution is -0.154. The van der Waals surface area contributed by atoms with Crippen LogP contribution in [-0.2, 0) is 9.59 Å². The van der Waals surface area contributed by atoms with Gasteiger partial charge in [-0.3, -0.25) is 9.59 Å². The van der Waals surface area contributed by atoms with Crippen LogP contribution in [0.2, 0.25) is 0 Å². The van der Waals surface area contributed by atoms with Crippen molar-refractivity contribution in [2.24, 2.45) is 5.92 Å². The van der Waals surface area contributed by atoms with Gasteiger partial charge in [0.25, 0.3) is 0 Å². The molecule has 0 radical (unpaired) electrons. The van der Waals surface area contributed by atoms with Gasteiger partial charge in [0, 0.05) is 13.1 Å². The quantitative estimate of drug-likeness (QED) is 0.718. The molecule has 0 aromatic carbocycles. The van der Waals surface area contributed by atoms with Crippen molar-refractivity contribution in [1.29, 1.82) is 0 Å². The highest BCUT2D eigenvalue weighted by Gasteiger charge is 2.42. The summed E-state index contributed by atoms with van der Waals surface area (Å²) in [5, 5.41) is 0. The molecule has 2 aliphatic heterocycles. The maximum absolute atomic E-state index is 12.3. The molecule has 3 fully saturated rings. The van der Waals surface area contributed by atoms with Crippen molar-refractivity contribution in [3.05, 3.63) is 0 Å². The monoisotopic (exact) mass is 236 g/mol. The molecule has 0 aromatic heterocycles. The third-order valence-electron chi connectivity index (χ3n) is 4.45. The normalized spacial score (nSPS) is 30.2. The molecule has 0 spiro atoms. The molecule has 2 amide bonds. The van der Waals surface area contributed by atoms with Crippen LogP contribution >= 0.6 is 0 Å². The van der Waals surface area contributed by atoms with Gasteiger partial charge in [-0.2, -0.15) is 0 Å². The molecule has 2 heterocycles. The first-order valence-corrected chi connectivity index (χ1v) is 6.84. The van der Waals surface area contributed by atoms with Crippen LogP contribution in [0.25, 0.3) is 0 Å². The zero-order valence-corrected chi connectivity index (χ0v) is 10.2. The van der Waals surface area contributed by atoms with Crippen molar-refractivity contribution in [2.75, 3.05) is 19.6 Å². The van der Waals surface area contributed by atoms with E-state index in [4.69, 9.17) is 0 Å². The Morgan fingerprint density at radius 1 is 1.06 bits per heavy atom. The molecule has 0 bridgehead atoms. The average Bonchev–Trinajstić information content (AvgIpc) is 2.96. The second kappa shape index (κ2) is 4.31.